The Kier molecular flexibility index (Phi) is 6.94. The van der Waals surface area contributed by atoms with E-state index < -0.39 is 17.8 Å². The summed E-state index contributed by atoms with van der Waals surface area (Å²) in [6, 6.07) is 7.28. The van der Waals surface area contributed by atoms with Crippen LogP contribution in [0.4, 0.5) is 23.9 Å². The van der Waals surface area contributed by atoms with Crippen molar-refractivity contribution in [3.05, 3.63) is 58.3 Å². The second-order valence-electron chi connectivity index (χ2n) is 7.86. The number of piperazine rings is 1. The van der Waals surface area contributed by atoms with Crippen LogP contribution in [0.15, 0.2) is 41.5 Å². The van der Waals surface area contributed by atoms with Crippen molar-refractivity contribution in [3.8, 4) is 0 Å². The number of carbonyl (C=O) groups excluding carboxylic acids is 1. The number of unbranched alkanes of at least 4 members (excludes halogenated alkanes) is 1. The van der Waals surface area contributed by atoms with Crippen LogP contribution in [-0.2, 0) is 17.3 Å². The molecule has 3 heterocycles. The van der Waals surface area contributed by atoms with Crippen molar-refractivity contribution in [2.45, 2.75) is 25.4 Å². The summed E-state index contributed by atoms with van der Waals surface area (Å²) in [5.74, 6) is 0.199. The van der Waals surface area contributed by atoms with Crippen molar-refractivity contribution < 1.29 is 22.7 Å². The molecule has 0 saturated carbocycles. The number of fused-ring (bicyclic) bond motifs is 1. The minimum Gasteiger partial charge on any atom is -0.449 e. The third-order valence-corrected chi connectivity index (χ3v) is 5.59. The van der Waals surface area contributed by atoms with E-state index in [1.165, 1.54) is 0 Å². The van der Waals surface area contributed by atoms with E-state index in [1.807, 2.05) is 12.1 Å². The molecule has 12 heteroatoms. The summed E-state index contributed by atoms with van der Waals surface area (Å²) in [6.45, 7) is 1.76. The van der Waals surface area contributed by atoms with E-state index in [0.29, 0.717) is 44.4 Å². The van der Waals surface area contributed by atoms with Crippen LogP contribution in [0.1, 0.15) is 24.1 Å². The van der Waals surface area contributed by atoms with E-state index in [1.54, 1.807) is 21.9 Å². The van der Waals surface area contributed by atoms with Crippen LogP contribution in [0.5, 0.6) is 0 Å². The van der Waals surface area contributed by atoms with Gasteiger partial charge in [0, 0.05) is 44.0 Å². The first-order valence-electron chi connectivity index (χ1n) is 10.8. The molecule has 0 aliphatic carbocycles. The summed E-state index contributed by atoms with van der Waals surface area (Å²) < 4.78 is 43.3. The largest absolute Gasteiger partial charge is 0.449 e. The number of H-pyrrole nitrogens is 1. The Morgan fingerprint density at radius 1 is 1.03 bits per heavy atom. The Bertz CT molecular complexity index is 1190. The summed E-state index contributed by atoms with van der Waals surface area (Å²) in [5.41, 5.74) is -0.329. The van der Waals surface area contributed by atoms with Crippen LogP contribution in [-0.4, -0.2) is 63.9 Å². The first-order valence-corrected chi connectivity index (χ1v) is 10.8. The van der Waals surface area contributed by atoms with Gasteiger partial charge in [0.05, 0.1) is 23.3 Å². The summed E-state index contributed by atoms with van der Waals surface area (Å²) in [6.07, 6.45) is -1.38. The number of rotatable bonds is 6. The lowest BCUT2D eigenvalue weighted by Crippen LogP contribution is -2.49. The topological polar surface area (TPSA) is 104 Å². The monoisotopic (exact) mass is 476 g/mol. The van der Waals surface area contributed by atoms with Gasteiger partial charge in [0.2, 0.25) is 5.95 Å². The average Bonchev–Trinajstić information content (AvgIpc) is 2.85. The van der Waals surface area contributed by atoms with Crippen LogP contribution in [0.25, 0.3) is 10.8 Å². The third-order valence-electron chi connectivity index (χ3n) is 5.59. The lowest BCUT2D eigenvalue weighted by atomic mass is 10.1. The number of hydrogen-bond donors (Lipinski definition) is 1. The molecule has 9 nitrogen and oxygen atoms in total. The lowest BCUT2D eigenvalue weighted by molar-refractivity contribution is -0.138. The molecule has 0 atom stereocenters. The lowest BCUT2D eigenvalue weighted by Gasteiger charge is -2.34. The molecule has 1 aliphatic rings. The fourth-order valence-electron chi connectivity index (χ4n) is 3.73. The number of halogens is 3. The molecule has 1 aromatic carbocycles. The predicted molar refractivity (Wildman–Crippen MR) is 117 cm³/mol. The van der Waals surface area contributed by atoms with Crippen LogP contribution in [0.3, 0.4) is 0 Å². The zero-order valence-corrected chi connectivity index (χ0v) is 18.2. The third kappa shape index (κ3) is 5.43. The molecule has 1 fully saturated rings. The SMILES string of the molecule is O=C(OCCCCc1n[nH]c(=O)c2ccccc12)N1CCN(c2ncc(C(F)(F)F)cn2)CC1. The van der Waals surface area contributed by atoms with Crippen molar-refractivity contribution in [1.82, 2.24) is 25.1 Å². The summed E-state index contributed by atoms with van der Waals surface area (Å²) >= 11 is 0. The zero-order chi connectivity index (χ0) is 24.1. The standard InChI is InChI=1S/C22H23F3N6O3/c23-22(24,25)15-13-26-20(27-14-15)30-8-10-31(11-9-30)21(33)34-12-4-3-7-18-16-5-1-2-6-17(16)19(32)29-28-18/h1-2,5-6,13-14H,3-4,7-12H2,(H,29,32). The number of hydrogen-bond acceptors (Lipinski definition) is 7. The minimum atomic E-state index is -4.48. The van der Waals surface area contributed by atoms with Crippen LogP contribution in [0.2, 0.25) is 0 Å². The van der Waals surface area contributed by atoms with Crippen LogP contribution in [0, 0.1) is 0 Å². The number of anilines is 1. The molecule has 2 aromatic heterocycles. The van der Waals surface area contributed by atoms with E-state index in [2.05, 4.69) is 20.2 Å². The van der Waals surface area contributed by atoms with Gasteiger partial charge in [-0.2, -0.15) is 18.3 Å². The zero-order valence-electron chi connectivity index (χ0n) is 18.2. The van der Waals surface area contributed by atoms with Gasteiger partial charge in [-0.3, -0.25) is 4.79 Å². The van der Waals surface area contributed by atoms with Gasteiger partial charge in [0.25, 0.3) is 5.56 Å². The molecule has 3 aromatic rings. The van der Waals surface area contributed by atoms with Crippen molar-refractivity contribution in [2.75, 3.05) is 37.7 Å². The maximum Gasteiger partial charge on any atom is 0.419 e. The summed E-state index contributed by atoms with van der Waals surface area (Å²) in [7, 11) is 0. The number of benzene rings is 1. The highest BCUT2D eigenvalue weighted by Crippen LogP contribution is 2.28. The Hall–Kier alpha value is -3.70. The van der Waals surface area contributed by atoms with E-state index >= 15 is 0 Å². The Morgan fingerprint density at radius 3 is 2.38 bits per heavy atom. The van der Waals surface area contributed by atoms with Crippen molar-refractivity contribution in [1.29, 1.82) is 0 Å². The van der Waals surface area contributed by atoms with Gasteiger partial charge in [0.15, 0.2) is 0 Å². The molecular weight excluding hydrogens is 453 g/mol. The number of ether oxygens (including phenoxy) is 1. The molecule has 1 N–H and O–H groups in total. The van der Waals surface area contributed by atoms with Crippen LogP contribution < -0.4 is 10.5 Å². The normalized spacial score (nSPS) is 14.4. The molecule has 4 rings (SSSR count). The van der Waals surface area contributed by atoms with Crippen molar-refractivity contribution in [2.24, 2.45) is 0 Å². The molecule has 0 bridgehead atoms. The second-order valence-corrected chi connectivity index (χ2v) is 7.86. The second kappa shape index (κ2) is 10.1. The van der Waals surface area contributed by atoms with Crippen LogP contribution >= 0.6 is 0 Å². The van der Waals surface area contributed by atoms with Gasteiger partial charge in [-0.05, 0) is 25.3 Å². The molecule has 180 valence electrons. The number of alkyl halides is 3. The summed E-state index contributed by atoms with van der Waals surface area (Å²) in [5, 5.41) is 8.06. The molecule has 34 heavy (non-hydrogen) atoms. The highest BCUT2D eigenvalue weighted by Gasteiger charge is 2.32. The van der Waals surface area contributed by atoms with Gasteiger partial charge in [-0.25, -0.2) is 19.9 Å². The average molecular weight is 476 g/mol. The number of aryl methyl sites for hydroxylation is 1. The van der Waals surface area contributed by atoms with Crippen molar-refractivity contribution in [3.63, 3.8) is 0 Å². The van der Waals surface area contributed by atoms with E-state index in [0.717, 1.165) is 29.9 Å². The first-order chi connectivity index (χ1) is 16.3. The Labute approximate surface area is 192 Å². The highest BCUT2D eigenvalue weighted by atomic mass is 19.4. The van der Waals surface area contributed by atoms with Gasteiger partial charge in [-0.1, -0.05) is 18.2 Å². The number of carbonyl (C=O) groups is 1. The molecule has 1 saturated heterocycles. The minimum absolute atomic E-state index is 0.199. The van der Waals surface area contributed by atoms with Gasteiger partial charge in [-0.15, -0.1) is 0 Å². The maximum absolute atomic E-state index is 12.6. The number of nitrogens with zero attached hydrogens (tertiary/aromatic N) is 5. The van der Waals surface area contributed by atoms with E-state index in [9.17, 15) is 22.8 Å². The van der Waals surface area contributed by atoms with Crippen molar-refractivity contribution >= 4 is 22.8 Å². The molecular formula is C22H23F3N6O3. The molecule has 0 unspecified atom stereocenters. The number of aromatic amines is 1. The molecule has 0 spiro atoms. The molecule has 0 radical (unpaired) electrons. The summed E-state index contributed by atoms with van der Waals surface area (Å²) in [4.78, 5) is 35.0. The van der Waals surface area contributed by atoms with E-state index in [-0.39, 0.29) is 18.1 Å². The molecule has 1 aliphatic heterocycles. The first kappa shape index (κ1) is 23.5. The number of nitrogens with one attached hydrogen (secondary N) is 1. The predicted octanol–water partition coefficient (Wildman–Crippen LogP) is 3.01. The van der Waals surface area contributed by atoms with Gasteiger partial charge >= 0.3 is 12.3 Å². The quantitative estimate of drug-likeness (QED) is 0.546. The smallest absolute Gasteiger partial charge is 0.419 e. The fraction of sp³-hybridized carbons (Fsp3) is 0.409. The fourth-order valence-corrected chi connectivity index (χ4v) is 3.73. The molecule has 1 amide bonds. The number of aromatic nitrogens is 4. The number of amides is 1. The van der Waals surface area contributed by atoms with E-state index in [4.69, 9.17) is 4.74 Å². The highest BCUT2D eigenvalue weighted by molar-refractivity contribution is 5.83. The maximum atomic E-state index is 12.6. The Morgan fingerprint density at radius 2 is 1.71 bits per heavy atom. The van der Waals surface area contributed by atoms with Gasteiger partial charge in [0.1, 0.15) is 0 Å². The Balaban J connectivity index is 1.19. The van der Waals surface area contributed by atoms with Gasteiger partial charge < -0.3 is 14.5 Å².